The Bertz CT molecular complexity index is 710. The standard InChI is InChI=1S/C11H10ClN7/c1-7-9(12)17-11-14-6-16-19(11)10(7)13-5-8-3-2-4-15-18-8/h2-4,6,13H,5H2,1H3. The Balaban J connectivity index is 1.96. The van der Waals surface area contributed by atoms with E-state index in [2.05, 4.69) is 30.6 Å². The lowest BCUT2D eigenvalue weighted by molar-refractivity contribution is 0.883. The molecule has 0 aromatic carbocycles. The van der Waals surface area contributed by atoms with Crippen LogP contribution in [0, 0.1) is 6.92 Å². The van der Waals surface area contributed by atoms with Gasteiger partial charge in [-0.25, -0.2) is 0 Å². The summed E-state index contributed by atoms with van der Waals surface area (Å²) in [5.41, 5.74) is 1.63. The van der Waals surface area contributed by atoms with Crippen LogP contribution in [0.5, 0.6) is 0 Å². The molecule has 0 spiro atoms. The maximum absolute atomic E-state index is 6.07. The summed E-state index contributed by atoms with van der Waals surface area (Å²) < 4.78 is 1.61. The molecule has 7 nitrogen and oxygen atoms in total. The fraction of sp³-hybridized carbons (Fsp3) is 0.182. The predicted octanol–water partition coefficient (Wildman–Crippen LogP) is 1.49. The molecule has 0 unspecified atom stereocenters. The molecule has 0 radical (unpaired) electrons. The van der Waals surface area contributed by atoms with Gasteiger partial charge in [0.1, 0.15) is 17.3 Å². The highest BCUT2D eigenvalue weighted by atomic mass is 35.5. The number of hydrogen-bond donors (Lipinski definition) is 1. The molecule has 0 atom stereocenters. The maximum atomic E-state index is 6.07. The van der Waals surface area contributed by atoms with Crippen LogP contribution in [0.3, 0.4) is 0 Å². The highest BCUT2D eigenvalue weighted by Crippen LogP contribution is 2.22. The number of nitrogens with one attached hydrogen (secondary N) is 1. The van der Waals surface area contributed by atoms with Crippen LogP contribution < -0.4 is 5.32 Å². The fourth-order valence-electron chi connectivity index (χ4n) is 1.71. The van der Waals surface area contributed by atoms with Gasteiger partial charge in [0.2, 0.25) is 0 Å². The SMILES string of the molecule is Cc1c(Cl)nc2ncnn2c1NCc1cccnn1. The second-order valence-corrected chi connectivity index (χ2v) is 4.27. The molecule has 0 fully saturated rings. The molecule has 0 aliphatic carbocycles. The molecule has 0 bridgehead atoms. The third-order valence-corrected chi connectivity index (χ3v) is 3.04. The monoisotopic (exact) mass is 275 g/mol. The van der Waals surface area contributed by atoms with Gasteiger partial charge in [-0.3, -0.25) is 0 Å². The first-order chi connectivity index (χ1) is 9.25. The Labute approximate surface area is 113 Å². The summed E-state index contributed by atoms with van der Waals surface area (Å²) in [7, 11) is 0. The molecule has 96 valence electrons. The number of nitrogens with zero attached hydrogens (tertiary/aromatic N) is 6. The molecule has 3 aromatic heterocycles. The maximum Gasteiger partial charge on any atom is 0.255 e. The second-order valence-electron chi connectivity index (χ2n) is 3.92. The second kappa shape index (κ2) is 4.77. The minimum atomic E-state index is 0.405. The van der Waals surface area contributed by atoms with Gasteiger partial charge in [-0.15, -0.1) is 0 Å². The average molecular weight is 276 g/mol. The van der Waals surface area contributed by atoms with Crippen molar-refractivity contribution in [3.8, 4) is 0 Å². The predicted molar refractivity (Wildman–Crippen MR) is 69.9 cm³/mol. The molecule has 0 saturated heterocycles. The van der Waals surface area contributed by atoms with Crippen molar-refractivity contribution >= 4 is 23.2 Å². The Hall–Kier alpha value is -2.28. The minimum absolute atomic E-state index is 0.405. The molecule has 0 aliphatic rings. The molecule has 8 heteroatoms. The highest BCUT2D eigenvalue weighted by Gasteiger charge is 2.11. The van der Waals surface area contributed by atoms with Crippen molar-refractivity contribution in [2.24, 2.45) is 0 Å². The van der Waals surface area contributed by atoms with Crippen LogP contribution in [-0.2, 0) is 6.54 Å². The first-order valence-electron chi connectivity index (χ1n) is 5.62. The molecule has 1 N–H and O–H groups in total. The van der Waals surface area contributed by atoms with E-state index in [-0.39, 0.29) is 0 Å². The van der Waals surface area contributed by atoms with E-state index in [0.717, 1.165) is 17.1 Å². The lowest BCUT2D eigenvalue weighted by Gasteiger charge is -2.10. The Morgan fingerprint density at radius 2 is 2.32 bits per heavy atom. The quantitative estimate of drug-likeness (QED) is 0.730. The molecule has 0 saturated carbocycles. The Morgan fingerprint density at radius 1 is 1.42 bits per heavy atom. The van der Waals surface area contributed by atoms with Crippen molar-refractivity contribution < 1.29 is 0 Å². The largest absolute Gasteiger partial charge is 0.364 e. The normalized spacial score (nSPS) is 10.8. The van der Waals surface area contributed by atoms with Crippen molar-refractivity contribution in [1.82, 2.24) is 29.8 Å². The molecule has 3 aromatic rings. The Morgan fingerprint density at radius 3 is 3.11 bits per heavy atom. The van der Waals surface area contributed by atoms with Crippen molar-refractivity contribution in [2.75, 3.05) is 5.32 Å². The van der Waals surface area contributed by atoms with Crippen molar-refractivity contribution in [3.05, 3.63) is 41.1 Å². The van der Waals surface area contributed by atoms with Crippen LogP contribution in [0.4, 0.5) is 5.82 Å². The molecule has 3 heterocycles. The summed E-state index contributed by atoms with van der Waals surface area (Å²) in [4.78, 5) is 8.16. The van der Waals surface area contributed by atoms with E-state index in [0.29, 0.717) is 17.5 Å². The number of aromatic nitrogens is 6. The van der Waals surface area contributed by atoms with Gasteiger partial charge in [-0.1, -0.05) is 11.6 Å². The molecule has 0 amide bonds. The van der Waals surface area contributed by atoms with E-state index in [9.17, 15) is 0 Å². The van der Waals surface area contributed by atoms with Crippen LogP contribution in [0.2, 0.25) is 5.15 Å². The zero-order valence-electron chi connectivity index (χ0n) is 10.1. The summed E-state index contributed by atoms with van der Waals surface area (Å²) in [6.45, 7) is 2.39. The topological polar surface area (TPSA) is 80.9 Å². The van der Waals surface area contributed by atoms with Crippen molar-refractivity contribution in [2.45, 2.75) is 13.5 Å². The first kappa shape index (κ1) is 11.8. The molecule has 19 heavy (non-hydrogen) atoms. The van der Waals surface area contributed by atoms with Crippen LogP contribution in [0.15, 0.2) is 24.7 Å². The fourth-order valence-corrected chi connectivity index (χ4v) is 1.87. The highest BCUT2D eigenvalue weighted by molar-refractivity contribution is 6.30. The van der Waals surface area contributed by atoms with Gasteiger partial charge in [0.25, 0.3) is 5.78 Å². The minimum Gasteiger partial charge on any atom is -0.364 e. The van der Waals surface area contributed by atoms with Crippen LogP contribution in [0.25, 0.3) is 5.78 Å². The van der Waals surface area contributed by atoms with E-state index in [1.165, 1.54) is 6.33 Å². The molecule has 3 rings (SSSR count). The van der Waals surface area contributed by atoms with Crippen LogP contribution in [-0.4, -0.2) is 29.8 Å². The van der Waals surface area contributed by atoms with Crippen molar-refractivity contribution in [3.63, 3.8) is 0 Å². The third kappa shape index (κ3) is 2.19. The lowest BCUT2D eigenvalue weighted by atomic mass is 10.3. The van der Waals surface area contributed by atoms with Gasteiger partial charge in [0.15, 0.2) is 0 Å². The molecular weight excluding hydrogens is 266 g/mol. The summed E-state index contributed by atoms with van der Waals surface area (Å²) >= 11 is 6.07. The van der Waals surface area contributed by atoms with Gasteiger partial charge in [0.05, 0.1) is 12.2 Å². The molecular formula is C11H10ClN7. The zero-order valence-corrected chi connectivity index (χ0v) is 10.8. The van der Waals surface area contributed by atoms with Crippen molar-refractivity contribution in [1.29, 1.82) is 0 Å². The van der Waals surface area contributed by atoms with E-state index >= 15 is 0 Å². The summed E-state index contributed by atoms with van der Waals surface area (Å²) in [6, 6.07) is 3.72. The zero-order chi connectivity index (χ0) is 13.2. The summed E-state index contributed by atoms with van der Waals surface area (Å²) in [5.74, 6) is 1.20. The van der Waals surface area contributed by atoms with Gasteiger partial charge in [-0.05, 0) is 19.1 Å². The third-order valence-electron chi connectivity index (χ3n) is 2.67. The van der Waals surface area contributed by atoms with Crippen LogP contribution >= 0.6 is 11.6 Å². The first-order valence-corrected chi connectivity index (χ1v) is 6.00. The van der Waals surface area contributed by atoms with E-state index < -0.39 is 0 Å². The summed E-state index contributed by atoms with van der Waals surface area (Å²) in [6.07, 6.45) is 3.07. The lowest BCUT2D eigenvalue weighted by Crippen LogP contribution is -2.10. The average Bonchev–Trinajstić information content (AvgIpc) is 2.88. The Kier molecular flexibility index (Phi) is 2.96. The van der Waals surface area contributed by atoms with Gasteiger partial charge >= 0.3 is 0 Å². The number of halogens is 1. The summed E-state index contributed by atoms with van der Waals surface area (Å²) in [5, 5.41) is 15.6. The number of fused-ring (bicyclic) bond motifs is 1. The van der Waals surface area contributed by atoms with E-state index in [4.69, 9.17) is 11.6 Å². The van der Waals surface area contributed by atoms with Gasteiger partial charge < -0.3 is 5.32 Å². The number of rotatable bonds is 3. The number of anilines is 1. The van der Waals surface area contributed by atoms with Gasteiger partial charge in [0, 0.05) is 11.8 Å². The molecule has 0 aliphatic heterocycles. The van der Waals surface area contributed by atoms with E-state index in [1.807, 2.05) is 19.1 Å². The van der Waals surface area contributed by atoms with Gasteiger partial charge in [-0.2, -0.15) is 29.8 Å². The number of hydrogen-bond acceptors (Lipinski definition) is 6. The van der Waals surface area contributed by atoms with E-state index in [1.54, 1.807) is 10.7 Å². The van der Waals surface area contributed by atoms with Crippen LogP contribution in [0.1, 0.15) is 11.3 Å². The smallest absolute Gasteiger partial charge is 0.255 e.